The van der Waals surface area contributed by atoms with Gasteiger partial charge in [0.2, 0.25) is 0 Å². The second-order valence-electron chi connectivity index (χ2n) is 3.81. The van der Waals surface area contributed by atoms with Gasteiger partial charge < -0.3 is 4.74 Å². The first kappa shape index (κ1) is 15.4. The van der Waals surface area contributed by atoms with E-state index in [1.165, 1.54) is 0 Å². The summed E-state index contributed by atoms with van der Waals surface area (Å²) in [5, 5.41) is 0. The number of esters is 1. The Morgan fingerprint density at radius 2 is 2.00 bits per heavy atom. The predicted octanol–water partition coefficient (Wildman–Crippen LogP) is 3.52. The Labute approximate surface area is 123 Å². The molecule has 1 rings (SSSR count). The van der Waals surface area contributed by atoms with E-state index in [0.29, 0.717) is 12.2 Å². The van der Waals surface area contributed by atoms with Gasteiger partial charge in [-0.15, -0.1) is 0 Å². The Morgan fingerprint density at radius 3 is 2.56 bits per heavy atom. The number of rotatable bonds is 5. The topological polar surface area (TPSA) is 43.4 Å². The molecule has 18 heavy (non-hydrogen) atoms. The Balaban J connectivity index is 2.94. The van der Waals surface area contributed by atoms with Crippen molar-refractivity contribution in [2.75, 3.05) is 6.61 Å². The number of carbonyl (C=O) groups excluding carboxylic acids is 2. The van der Waals surface area contributed by atoms with E-state index in [-0.39, 0.29) is 23.0 Å². The van der Waals surface area contributed by atoms with E-state index in [0.717, 1.165) is 10.0 Å². The third-order valence-electron chi connectivity index (χ3n) is 2.26. The number of ether oxygens (including phenoxy) is 1. The van der Waals surface area contributed by atoms with Crippen molar-refractivity contribution in [1.82, 2.24) is 0 Å². The van der Waals surface area contributed by atoms with Crippen molar-refractivity contribution in [3.63, 3.8) is 0 Å². The van der Waals surface area contributed by atoms with Gasteiger partial charge >= 0.3 is 5.97 Å². The molecule has 98 valence electrons. The van der Waals surface area contributed by atoms with Crippen molar-refractivity contribution in [2.24, 2.45) is 0 Å². The van der Waals surface area contributed by atoms with Gasteiger partial charge in [0.25, 0.3) is 0 Å². The highest BCUT2D eigenvalue weighted by atomic mass is 79.9. The van der Waals surface area contributed by atoms with Gasteiger partial charge in [-0.05, 0) is 37.6 Å². The summed E-state index contributed by atoms with van der Waals surface area (Å²) in [5.41, 5.74) is 1.34. The summed E-state index contributed by atoms with van der Waals surface area (Å²) in [6.45, 7) is 3.89. The number of hydrogen-bond donors (Lipinski definition) is 0. The Hall–Kier alpha value is -0.680. The van der Waals surface area contributed by atoms with Crippen molar-refractivity contribution >= 4 is 43.6 Å². The van der Waals surface area contributed by atoms with Gasteiger partial charge in [-0.25, -0.2) is 0 Å². The Morgan fingerprint density at radius 1 is 1.33 bits per heavy atom. The zero-order valence-electron chi connectivity index (χ0n) is 10.2. The molecule has 0 saturated carbocycles. The standard InChI is InChI=1S/C13H14Br2O3/c1-3-18-12(16)6-9-4-10(7-11(15)5-9)13(17)8(2)14/h4-5,7-8H,3,6H2,1-2H3. The maximum atomic E-state index is 11.9. The fraction of sp³-hybridized carbons (Fsp3) is 0.385. The molecule has 0 bridgehead atoms. The summed E-state index contributed by atoms with van der Waals surface area (Å²) >= 11 is 6.58. The third-order valence-corrected chi connectivity index (χ3v) is 3.13. The van der Waals surface area contributed by atoms with Gasteiger partial charge in [-0.3, -0.25) is 9.59 Å². The van der Waals surface area contributed by atoms with E-state index in [2.05, 4.69) is 31.9 Å². The largest absolute Gasteiger partial charge is 0.466 e. The maximum Gasteiger partial charge on any atom is 0.310 e. The van der Waals surface area contributed by atoms with Crippen molar-refractivity contribution in [3.05, 3.63) is 33.8 Å². The molecular weight excluding hydrogens is 364 g/mol. The number of carbonyl (C=O) groups is 2. The number of Topliss-reactive ketones (excluding diaryl/α,β-unsaturated/α-hetero) is 1. The molecule has 0 radical (unpaired) electrons. The predicted molar refractivity (Wildman–Crippen MR) is 77.2 cm³/mol. The van der Waals surface area contributed by atoms with Gasteiger partial charge in [0.15, 0.2) is 5.78 Å². The lowest BCUT2D eigenvalue weighted by Crippen LogP contribution is -2.12. The quantitative estimate of drug-likeness (QED) is 0.448. The molecule has 0 aliphatic carbocycles. The first-order chi connectivity index (χ1) is 8.43. The molecular formula is C13H14Br2O3. The van der Waals surface area contributed by atoms with Crippen LogP contribution in [0, 0.1) is 0 Å². The Kier molecular flexibility index (Phi) is 6.02. The number of hydrogen-bond acceptors (Lipinski definition) is 3. The monoisotopic (exact) mass is 376 g/mol. The molecule has 1 aromatic carbocycles. The molecule has 0 saturated heterocycles. The van der Waals surface area contributed by atoms with Crippen LogP contribution < -0.4 is 0 Å². The van der Waals surface area contributed by atoms with Crippen LogP contribution in [-0.4, -0.2) is 23.2 Å². The third kappa shape index (κ3) is 4.53. The normalized spacial score (nSPS) is 12.0. The Bertz CT molecular complexity index is 456. The van der Waals surface area contributed by atoms with Crippen LogP contribution in [0.5, 0.6) is 0 Å². The van der Waals surface area contributed by atoms with E-state index in [1.54, 1.807) is 26.0 Å². The van der Waals surface area contributed by atoms with Crippen LogP contribution in [0.1, 0.15) is 29.8 Å². The average molecular weight is 378 g/mol. The van der Waals surface area contributed by atoms with Crippen molar-refractivity contribution in [3.8, 4) is 0 Å². The number of benzene rings is 1. The number of halogens is 2. The van der Waals surface area contributed by atoms with Crippen LogP contribution in [-0.2, 0) is 16.0 Å². The van der Waals surface area contributed by atoms with Crippen molar-refractivity contribution < 1.29 is 14.3 Å². The molecule has 0 N–H and O–H groups in total. The maximum absolute atomic E-state index is 11.9. The van der Waals surface area contributed by atoms with Crippen molar-refractivity contribution in [1.29, 1.82) is 0 Å². The van der Waals surface area contributed by atoms with E-state index >= 15 is 0 Å². The fourth-order valence-electron chi connectivity index (χ4n) is 1.50. The van der Waals surface area contributed by atoms with Gasteiger partial charge in [0.05, 0.1) is 17.9 Å². The average Bonchev–Trinajstić information content (AvgIpc) is 2.27. The summed E-state index contributed by atoms with van der Waals surface area (Å²) in [6, 6.07) is 5.28. The molecule has 1 atom stereocenters. The lowest BCUT2D eigenvalue weighted by Gasteiger charge is -2.07. The summed E-state index contributed by atoms with van der Waals surface area (Å²) in [6.07, 6.45) is 0.171. The highest BCUT2D eigenvalue weighted by molar-refractivity contribution is 9.10. The van der Waals surface area contributed by atoms with Crippen LogP contribution in [0.15, 0.2) is 22.7 Å². The molecule has 3 nitrogen and oxygen atoms in total. The van der Waals surface area contributed by atoms with Crippen molar-refractivity contribution in [2.45, 2.75) is 25.1 Å². The van der Waals surface area contributed by atoms with E-state index in [1.807, 2.05) is 6.07 Å². The van der Waals surface area contributed by atoms with Crippen LogP contribution in [0.4, 0.5) is 0 Å². The van der Waals surface area contributed by atoms with Crippen LogP contribution in [0.2, 0.25) is 0 Å². The minimum absolute atomic E-state index is 0.0126. The lowest BCUT2D eigenvalue weighted by atomic mass is 10.0. The highest BCUT2D eigenvalue weighted by Crippen LogP contribution is 2.19. The van der Waals surface area contributed by atoms with Crippen LogP contribution >= 0.6 is 31.9 Å². The second kappa shape index (κ2) is 7.04. The highest BCUT2D eigenvalue weighted by Gasteiger charge is 2.14. The van der Waals surface area contributed by atoms with Gasteiger partial charge in [0, 0.05) is 10.0 Å². The summed E-state index contributed by atoms with van der Waals surface area (Å²) < 4.78 is 5.66. The first-order valence-electron chi connectivity index (χ1n) is 5.57. The van der Waals surface area contributed by atoms with Gasteiger partial charge in [-0.2, -0.15) is 0 Å². The number of ketones is 1. The number of alkyl halides is 1. The molecule has 1 unspecified atom stereocenters. The molecule has 0 spiro atoms. The molecule has 0 amide bonds. The summed E-state index contributed by atoms with van der Waals surface area (Å²) in [5.74, 6) is -0.303. The SMILES string of the molecule is CCOC(=O)Cc1cc(Br)cc(C(=O)C(C)Br)c1. The smallest absolute Gasteiger partial charge is 0.310 e. The molecule has 0 heterocycles. The van der Waals surface area contributed by atoms with Gasteiger partial charge in [-0.1, -0.05) is 31.9 Å². The minimum atomic E-state index is -0.291. The first-order valence-corrected chi connectivity index (χ1v) is 7.28. The summed E-state index contributed by atoms with van der Waals surface area (Å²) in [7, 11) is 0. The molecule has 0 fully saturated rings. The zero-order valence-corrected chi connectivity index (χ0v) is 13.4. The lowest BCUT2D eigenvalue weighted by molar-refractivity contribution is -0.142. The van der Waals surface area contributed by atoms with E-state index in [9.17, 15) is 9.59 Å². The zero-order chi connectivity index (χ0) is 13.7. The second-order valence-corrected chi connectivity index (χ2v) is 6.10. The molecule has 0 aromatic heterocycles. The summed E-state index contributed by atoms with van der Waals surface area (Å²) in [4.78, 5) is 23.0. The molecule has 5 heteroatoms. The van der Waals surface area contributed by atoms with Crippen LogP contribution in [0.25, 0.3) is 0 Å². The van der Waals surface area contributed by atoms with Gasteiger partial charge in [0.1, 0.15) is 0 Å². The van der Waals surface area contributed by atoms with E-state index < -0.39 is 0 Å². The molecule has 0 aliphatic heterocycles. The molecule has 0 aliphatic rings. The fourth-order valence-corrected chi connectivity index (χ4v) is 2.31. The minimum Gasteiger partial charge on any atom is -0.466 e. The van der Waals surface area contributed by atoms with Crippen LogP contribution in [0.3, 0.4) is 0 Å². The van der Waals surface area contributed by atoms with E-state index in [4.69, 9.17) is 4.74 Å². The molecule has 1 aromatic rings.